The fourth-order valence-corrected chi connectivity index (χ4v) is 3.13. The van der Waals surface area contributed by atoms with E-state index in [4.69, 9.17) is 5.11 Å². The second kappa shape index (κ2) is 4.58. The zero-order valence-corrected chi connectivity index (χ0v) is 10.0. The summed E-state index contributed by atoms with van der Waals surface area (Å²) >= 11 is 0. The van der Waals surface area contributed by atoms with Crippen molar-refractivity contribution in [1.82, 2.24) is 5.32 Å². The summed E-state index contributed by atoms with van der Waals surface area (Å²) in [6.07, 6.45) is 4.37. The molecule has 0 aromatic rings. The van der Waals surface area contributed by atoms with Crippen LogP contribution in [-0.2, 0) is 14.6 Å². The van der Waals surface area contributed by atoms with E-state index in [0.717, 1.165) is 25.7 Å². The predicted molar refractivity (Wildman–Crippen MR) is 62.3 cm³/mol. The summed E-state index contributed by atoms with van der Waals surface area (Å²) in [5, 5.41) is 12.4. The van der Waals surface area contributed by atoms with Gasteiger partial charge in [-0.2, -0.15) is 0 Å². The number of carbonyl (C=O) groups is 1. The number of carboxylic acids is 1. The van der Waals surface area contributed by atoms with Gasteiger partial charge < -0.3 is 10.4 Å². The second-order valence-electron chi connectivity index (χ2n) is 4.22. The number of nitrogens with zero attached hydrogens (tertiary/aromatic N) is 1. The minimum atomic E-state index is -3.63. The topological polar surface area (TPSA) is 95.8 Å². The summed E-state index contributed by atoms with van der Waals surface area (Å²) in [6, 6.07) is 0.321. The van der Waals surface area contributed by atoms with Crippen molar-refractivity contribution in [3.8, 4) is 0 Å². The van der Waals surface area contributed by atoms with Crippen molar-refractivity contribution in [1.29, 1.82) is 0 Å². The molecule has 2 aliphatic rings. The van der Waals surface area contributed by atoms with E-state index in [1.165, 1.54) is 0 Å². The van der Waals surface area contributed by atoms with E-state index in [-0.39, 0.29) is 11.6 Å². The molecule has 7 heteroatoms. The Morgan fingerprint density at radius 3 is 2.65 bits per heavy atom. The quantitative estimate of drug-likeness (QED) is 0.754. The molecule has 2 rings (SSSR count). The van der Waals surface area contributed by atoms with Crippen molar-refractivity contribution in [2.24, 2.45) is 4.99 Å². The molecule has 1 fully saturated rings. The van der Waals surface area contributed by atoms with Crippen LogP contribution in [0.15, 0.2) is 16.1 Å². The summed E-state index contributed by atoms with van der Waals surface area (Å²) in [6.45, 7) is 0.111. The Morgan fingerprint density at radius 2 is 2.12 bits per heavy atom. The number of carboxylic acid groups (broad SMARTS) is 1. The van der Waals surface area contributed by atoms with Gasteiger partial charge in [-0.1, -0.05) is 12.8 Å². The lowest BCUT2D eigenvalue weighted by atomic mass is 10.2. The molecule has 0 atom stereocenters. The van der Waals surface area contributed by atoms with Crippen molar-refractivity contribution in [2.45, 2.75) is 31.7 Å². The van der Waals surface area contributed by atoms with Gasteiger partial charge in [0.15, 0.2) is 10.7 Å². The van der Waals surface area contributed by atoms with Crippen LogP contribution in [0.2, 0.25) is 0 Å². The summed E-state index contributed by atoms with van der Waals surface area (Å²) in [5.74, 6) is -1.32. The van der Waals surface area contributed by atoms with Gasteiger partial charge >= 0.3 is 5.97 Å². The Morgan fingerprint density at radius 1 is 1.47 bits per heavy atom. The zero-order chi connectivity index (χ0) is 12.5. The molecule has 0 aromatic carbocycles. The summed E-state index contributed by atoms with van der Waals surface area (Å²) < 4.78 is 23.1. The second-order valence-corrected chi connectivity index (χ2v) is 6.02. The van der Waals surface area contributed by atoms with Gasteiger partial charge in [-0.15, -0.1) is 0 Å². The molecular weight excluding hydrogens is 244 g/mol. The normalized spacial score (nSPS) is 23.5. The first-order valence-corrected chi connectivity index (χ1v) is 7.05. The third-order valence-corrected chi connectivity index (χ3v) is 4.38. The highest BCUT2D eigenvalue weighted by atomic mass is 32.2. The monoisotopic (exact) mass is 258 g/mol. The average molecular weight is 258 g/mol. The molecule has 0 radical (unpaired) electrons. The van der Waals surface area contributed by atoms with Gasteiger partial charge in [0.05, 0.1) is 5.41 Å². The first-order valence-electron chi connectivity index (χ1n) is 5.50. The Bertz CT molecular complexity index is 486. The van der Waals surface area contributed by atoms with Crippen LogP contribution in [0.4, 0.5) is 0 Å². The van der Waals surface area contributed by atoms with Crippen LogP contribution in [-0.4, -0.2) is 37.1 Å². The Balaban J connectivity index is 2.02. The van der Waals surface area contributed by atoms with Crippen LogP contribution in [0.5, 0.6) is 0 Å². The Kier molecular flexibility index (Phi) is 3.30. The molecule has 17 heavy (non-hydrogen) atoms. The minimum absolute atomic E-state index is 0.0956. The van der Waals surface area contributed by atoms with Crippen LogP contribution in [0.3, 0.4) is 0 Å². The molecule has 1 aliphatic heterocycles. The third kappa shape index (κ3) is 2.73. The van der Waals surface area contributed by atoms with Gasteiger partial charge in [0.1, 0.15) is 0 Å². The molecule has 1 aliphatic carbocycles. The highest BCUT2D eigenvalue weighted by molar-refractivity contribution is 8.09. The van der Waals surface area contributed by atoms with E-state index >= 15 is 0 Å². The zero-order valence-electron chi connectivity index (χ0n) is 9.22. The number of hydrogen-bond donors (Lipinski definition) is 2. The third-order valence-electron chi connectivity index (χ3n) is 2.96. The van der Waals surface area contributed by atoms with Gasteiger partial charge in [0, 0.05) is 12.6 Å². The van der Waals surface area contributed by atoms with E-state index in [1.54, 1.807) is 0 Å². The number of aliphatic carboxylic acids is 1. The molecular formula is C10H14N2O4S. The maximum atomic E-state index is 11.6. The van der Waals surface area contributed by atoms with E-state index in [9.17, 15) is 13.2 Å². The first-order chi connectivity index (χ1) is 7.99. The SMILES string of the molecule is O=C(O)C1=CS(=O)(=O)C(CNC2CCCC2)=N1. The maximum absolute atomic E-state index is 11.6. The standard InChI is InChI=1S/C10H14N2O4S/c13-10(14)8-6-17(15,16)9(12-8)5-11-7-3-1-2-4-7/h6-7,11H,1-5H2,(H,13,14). The molecule has 0 spiro atoms. The van der Waals surface area contributed by atoms with E-state index < -0.39 is 21.5 Å². The lowest BCUT2D eigenvalue weighted by Crippen LogP contribution is -2.33. The predicted octanol–water partition coefficient (Wildman–Crippen LogP) is 0.271. The van der Waals surface area contributed by atoms with Crippen molar-refractivity contribution in [3.05, 3.63) is 11.1 Å². The molecule has 94 valence electrons. The highest BCUT2D eigenvalue weighted by Gasteiger charge is 2.28. The molecule has 0 saturated heterocycles. The van der Waals surface area contributed by atoms with Crippen LogP contribution in [0.1, 0.15) is 25.7 Å². The highest BCUT2D eigenvalue weighted by Crippen LogP contribution is 2.19. The van der Waals surface area contributed by atoms with Crippen LogP contribution in [0, 0.1) is 0 Å². The average Bonchev–Trinajstić information content (AvgIpc) is 2.82. The number of sulfone groups is 1. The van der Waals surface area contributed by atoms with Crippen molar-refractivity contribution >= 4 is 20.9 Å². The molecule has 0 unspecified atom stereocenters. The van der Waals surface area contributed by atoms with Gasteiger partial charge in [-0.25, -0.2) is 18.2 Å². The molecule has 1 heterocycles. The van der Waals surface area contributed by atoms with E-state index in [0.29, 0.717) is 11.4 Å². The largest absolute Gasteiger partial charge is 0.476 e. The Labute approximate surface area is 99.3 Å². The number of rotatable bonds is 4. The Hall–Kier alpha value is -1.21. The fraction of sp³-hybridized carbons (Fsp3) is 0.600. The maximum Gasteiger partial charge on any atom is 0.355 e. The summed E-state index contributed by atoms with van der Waals surface area (Å²) in [7, 11) is -3.63. The van der Waals surface area contributed by atoms with Crippen LogP contribution in [0.25, 0.3) is 0 Å². The molecule has 0 aromatic heterocycles. The molecule has 2 N–H and O–H groups in total. The minimum Gasteiger partial charge on any atom is -0.476 e. The lowest BCUT2D eigenvalue weighted by Gasteiger charge is -2.10. The number of aliphatic imine (C=N–C) groups is 1. The van der Waals surface area contributed by atoms with Crippen LogP contribution >= 0.6 is 0 Å². The lowest BCUT2D eigenvalue weighted by molar-refractivity contribution is -0.132. The van der Waals surface area contributed by atoms with Gasteiger partial charge in [0.25, 0.3) is 0 Å². The van der Waals surface area contributed by atoms with E-state index in [1.807, 2.05) is 0 Å². The van der Waals surface area contributed by atoms with Crippen molar-refractivity contribution in [3.63, 3.8) is 0 Å². The van der Waals surface area contributed by atoms with Crippen LogP contribution < -0.4 is 5.32 Å². The summed E-state index contributed by atoms with van der Waals surface area (Å²) in [4.78, 5) is 14.3. The van der Waals surface area contributed by atoms with Crippen molar-refractivity contribution in [2.75, 3.05) is 6.54 Å². The smallest absolute Gasteiger partial charge is 0.355 e. The van der Waals surface area contributed by atoms with Gasteiger partial charge in [-0.05, 0) is 12.8 Å². The molecule has 0 amide bonds. The van der Waals surface area contributed by atoms with Gasteiger partial charge in [-0.3, -0.25) is 0 Å². The van der Waals surface area contributed by atoms with E-state index in [2.05, 4.69) is 10.3 Å². The number of hydrogen-bond acceptors (Lipinski definition) is 5. The molecule has 6 nitrogen and oxygen atoms in total. The molecule has 1 saturated carbocycles. The first kappa shape index (κ1) is 12.3. The number of nitrogens with one attached hydrogen (secondary N) is 1. The molecule has 0 bridgehead atoms. The fourth-order valence-electron chi connectivity index (χ4n) is 2.04. The summed E-state index contributed by atoms with van der Waals surface area (Å²) in [5.41, 5.74) is -0.409. The van der Waals surface area contributed by atoms with Crippen molar-refractivity contribution < 1.29 is 18.3 Å². The van der Waals surface area contributed by atoms with Gasteiger partial charge in [0.2, 0.25) is 9.84 Å².